The van der Waals surface area contributed by atoms with Crippen LogP contribution in [0.5, 0.6) is 0 Å². The summed E-state index contributed by atoms with van der Waals surface area (Å²) < 4.78 is 38.0. The number of carbonyl (C=O) groups excluding carboxylic acids is 1. The molecule has 202 valence electrons. The van der Waals surface area contributed by atoms with Crippen LogP contribution in [0.1, 0.15) is 30.9 Å². The lowest BCUT2D eigenvalue weighted by molar-refractivity contribution is -0.137. The minimum atomic E-state index is -4.34. The van der Waals surface area contributed by atoms with Crippen LogP contribution >= 0.6 is 0 Å². The summed E-state index contributed by atoms with van der Waals surface area (Å²) in [5.41, 5.74) is 14.9. The van der Waals surface area contributed by atoms with Crippen molar-refractivity contribution in [3.63, 3.8) is 0 Å². The van der Waals surface area contributed by atoms with Crippen LogP contribution in [0.2, 0.25) is 0 Å². The molecule has 38 heavy (non-hydrogen) atoms. The number of alkyl halides is 3. The molecule has 0 bridgehead atoms. The standard InChI is InChI=1S/C21H22F3N3O.C6H6.C2H6N2/c1-3-19(27-26-14-4-5-20(28)25-2)17-8-6-15(7-9-17)16-10-12-18(13-11-16)21(22,23)24;1-2-4-6-5-3-1;3-1-2-4/h3,6-14,27H,4-5H2,1-2H3,(H,25,28);1-6H;1-2H,3-4H2/b19-3-,26-14+;;2-1-. The predicted octanol–water partition coefficient (Wildman–Crippen LogP) is 5.90. The Morgan fingerprint density at radius 2 is 1.34 bits per heavy atom. The zero-order valence-electron chi connectivity index (χ0n) is 21.5. The summed E-state index contributed by atoms with van der Waals surface area (Å²) >= 11 is 0. The third-order valence-electron chi connectivity index (χ3n) is 4.86. The highest BCUT2D eigenvalue weighted by Gasteiger charge is 2.29. The molecule has 1 amide bonds. The van der Waals surface area contributed by atoms with Gasteiger partial charge in [0.1, 0.15) is 0 Å². The molecule has 3 rings (SSSR count). The number of hydrazone groups is 1. The number of benzene rings is 3. The highest BCUT2D eigenvalue weighted by Crippen LogP contribution is 2.31. The number of hydrogen-bond donors (Lipinski definition) is 4. The lowest BCUT2D eigenvalue weighted by atomic mass is 10.0. The highest BCUT2D eigenvalue weighted by molar-refractivity contribution is 5.78. The van der Waals surface area contributed by atoms with Gasteiger partial charge in [0, 0.05) is 32.1 Å². The Morgan fingerprint density at radius 1 is 0.868 bits per heavy atom. The molecule has 0 aromatic heterocycles. The van der Waals surface area contributed by atoms with E-state index in [1.165, 1.54) is 24.5 Å². The second kappa shape index (κ2) is 17.8. The molecule has 0 radical (unpaired) electrons. The van der Waals surface area contributed by atoms with Crippen LogP contribution in [0.15, 0.2) is 109 Å². The molecular formula is C29H34F3N5O. The van der Waals surface area contributed by atoms with Crippen LogP contribution < -0.4 is 22.2 Å². The number of nitrogens with one attached hydrogen (secondary N) is 2. The Morgan fingerprint density at radius 3 is 1.74 bits per heavy atom. The lowest BCUT2D eigenvalue weighted by Crippen LogP contribution is -2.17. The maximum atomic E-state index is 12.7. The fraction of sp³-hybridized carbons (Fsp3) is 0.172. The van der Waals surface area contributed by atoms with E-state index in [0.717, 1.165) is 29.0 Å². The van der Waals surface area contributed by atoms with E-state index >= 15 is 0 Å². The van der Waals surface area contributed by atoms with Crippen molar-refractivity contribution in [1.82, 2.24) is 10.7 Å². The minimum Gasteiger partial charge on any atom is -0.403 e. The normalized spacial score (nSPS) is 11.2. The Hall–Kier alpha value is -4.53. The molecule has 0 aliphatic heterocycles. The molecule has 6 N–H and O–H groups in total. The number of hydrogen-bond acceptors (Lipinski definition) is 5. The molecule has 0 unspecified atom stereocenters. The molecule has 6 nitrogen and oxygen atoms in total. The van der Waals surface area contributed by atoms with Gasteiger partial charge in [0.25, 0.3) is 0 Å². The monoisotopic (exact) mass is 525 g/mol. The van der Waals surface area contributed by atoms with E-state index in [0.29, 0.717) is 18.4 Å². The fourth-order valence-electron chi connectivity index (χ4n) is 2.87. The van der Waals surface area contributed by atoms with Gasteiger partial charge in [0.05, 0.1) is 11.3 Å². The van der Waals surface area contributed by atoms with Gasteiger partial charge >= 0.3 is 6.18 Å². The van der Waals surface area contributed by atoms with Crippen molar-refractivity contribution in [2.75, 3.05) is 7.05 Å². The van der Waals surface area contributed by atoms with E-state index in [2.05, 4.69) is 15.8 Å². The number of allylic oxidation sites excluding steroid dienone is 1. The van der Waals surface area contributed by atoms with Crippen molar-refractivity contribution in [3.05, 3.63) is 115 Å². The van der Waals surface area contributed by atoms with Crippen LogP contribution in [-0.4, -0.2) is 19.2 Å². The summed E-state index contributed by atoms with van der Waals surface area (Å²) in [5.74, 6) is -0.0448. The van der Waals surface area contributed by atoms with Crippen LogP contribution in [0.3, 0.4) is 0 Å². The number of carbonyl (C=O) groups is 1. The van der Waals surface area contributed by atoms with Gasteiger partial charge in [-0.3, -0.25) is 10.2 Å². The third kappa shape index (κ3) is 12.4. The van der Waals surface area contributed by atoms with E-state index in [4.69, 9.17) is 11.5 Å². The topological polar surface area (TPSA) is 106 Å². The number of rotatable bonds is 7. The van der Waals surface area contributed by atoms with Crippen LogP contribution in [0.4, 0.5) is 13.2 Å². The Labute approximate surface area is 221 Å². The molecule has 0 saturated heterocycles. The first-order chi connectivity index (χ1) is 18.3. The molecule has 0 aliphatic rings. The van der Waals surface area contributed by atoms with Gasteiger partial charge in [0.2, 0.25) is 5.91 Å². The van der Waals surface area contributed by atoms with Gasteiger partial charge < -0.3 is 16.8 Å². The van der Waals surface area contributed by atoms with Crippen molar-refractivity contribution in [1.29, 1.82) is 0 Å². The zero-order chi connectivity index (χ0) is 28.2. The van der Waals surface area contributed by atoms with Gasteiger partial charge in [-0.1, -0.05) is 78.9 Å². The SMILES string of the molecule is C/C=C(\N/N=C/CCC(=O)NC)c1ccc(-c2ccc(C(F)(F)F)cc2)cc1.N/C=C\N.c1ccccc1. The smallest absolute Gasteiger partial charge is 0.403 e. The van der Waals surface area contributed by atoms with Gasteiger partial charge in [0.15, 0.2) is 0 Å². The average Bonchev–Trinajstić information content (AvgIpc) is 2.96. The van der Waals surface area contributed by atoms with Gasteiger partial charge in [-0.2, -0.15) is 18.3 Å². The van der Waals surface area contributed by atoms with Crippen LogP contribution in [-0.2, 0) is 11.0 Å². The molecule has 3 aromatic carbocycles. The predicted molar refractivity (Wildman–Crippen MR) is 149 cm³/mol. The van der Waals surface area contributed by atoms with Crippen molar-refractivity contribution in [3.8, 4) is 11.1 Å². The van der Waals surface area contributed by atoms with Gasteiger partial charge in [-0.25, -0.2) is 0 Å². The van der Waals surface area contributed by atoms with Crippen molar-refractivity contribution < 1.29 is 18.0 Å². The summed E-state index contributed by atoms with van der Waals surface area (Å²) in [5, 5.41) is 6.65. The van der Waals surface area contributed by atoms with E-state index in [1.807, 2.05) is 73.7 Å². The summed E-state index contributed by atoms with van der Waals surface area (Å²) in [6, 6.07) is 24.5. The largest absolute Gasteiger partial charge is 0.416 e. The summed E-state index contributed by atoms with van der Waals surface area (Å²) in [4.78, 5) is 11.1. The second-order valence-electron chi connectivity index (χ2n) is 7.53. The van der Waals surface area contributed by atoms with Gasteiger partial charge in [-0.15, -0.1) is 0 Å². The fourth-order valence-corrected chi connectivity index (χ4v) is 2.87. The highest BCUT2D eigenvalue weighted by atomic mass is 19.4. The van der Waals surface area contributed by atoms with E-state index in [9.17, 15) is 18.0 Å². The number of nitrogens with zero attached hydrogens (tertiary/aromatic N) is 1. The molecule has 0 spiro atoms. The quantitative estimate of drug-likeness (QED) is 0.228. The Kier molecular flexibility index (Phi) is 14.8. The van der Waals surface area contributed by atoms with E-state index < -0.39 is 11.7 Å². The molecule has 0 heterocycles. The second-order valence-corrected chi connectivity index (χ2v) is 7.53. The van der Waals surface area contributed by atoms with E-state index in [1.54, 1.807) is 13.3 Å². The summed E-state index contributed by atoms with van der Waals surface area (Å²) in [7, 11) is 1.59. The maximum absolute atomic E-state index is 12.7. The molecule has 3 aromatic rings. The van der Waals surface area contributed by atoms with Crippen LogP contribution in [0.25, 0.3) is 16.8 Å². The third-order valence-corrected chi connectivity index (χ3v) is 4.86. The Bertz CT molecular complexity index is 1110. The van der Waals surface area contributed by atoms with Crippen molar-refractivity contribution in [2.45, 2.75) is 25.9 Å². The first-order valence-electron chi connectivity index (χ1n) is 11.8. The first-order valence-corrected chi connectivity index (χ1v) is 11.8. The van der Waals surface area contributed by atoms with Crippen LogP contribution in [0, 0.1) is 0 Å². The van der Waals surface area contributed by atoms with Crippen molar-refractivity contribution >= 4 is 17.8 Å². The minimum absolute atomic E-state index is 0.0448. The van der Waals surface area contributed by atoms with Crippen molar-refractivity contribution in [2.24, 2.45) is 16.6 Å². The number of halogens is 3. The summed E-state index contributed by atoms with van der Waals surface area (Å²) in [6.45, 7) is 1.87. The van der Waals surface area contributed by atoms with E-state index in [-0.39, 0.29) is 5.91 Å². The molecular weight excluding hydrogens is 491 g/mol. The molecule has 0 saturated carbocycles. The molecule has 0 aliphatic carbocycles. The lowest BCUT2D eigenvalue weighted by Gasteiger charge is -2.10. The Balaban J connectivity index is 0.000000603. The number of amides is 1. The molecule has 0 atom stereocenters. The molecule has 0 fully saturated rings. The molecule has 9 heteroatoms. The maximum Gasteiger partial charge on any atom is 0.416 e. The number of nitrogens with two attached hydrogens (primary N) is 2. The first kappa shape index (κ1) is 31.5. The average molecular weight is 526 g/mol. The van der Waals surface area contributed by atoms with Gasteiger partial charge in [-0.05, 0) is 42.2 Å². The summed E-state index contributed by atoms with van der Waals surface area (Å²) in [6.07, 6.45) is 2.61. The zero-order valence-corrected chi connectivity index (χ0v) is 21.5.